The molecular formula is C28H21N5O4. The summed E-state index contributed by atoms with van der Waals surface area (Å²) in [4.78, 5) is 56.3. The number of imide groups is 2. The number of nitrogens with zero attached hydrogens (tertiary/aromatic N) is 3. The number of piperidine rings is 1. The van der Waals surface area contributed by atoms with Gasteiger partial charge in [0.2, 0.25) is 11.8 Å². The monoisotopic (exact) mass is 491 g/mol. The van der Waals surface area contributed by atoms with Gasteiger partial charge < -0.3 is 5.32 Å². The average molecular weight is 492 g/mol. The van der Waals surface area contributed by atoms with Gasteiger partial charge in [0.05, 0.1) is 22.5 Å². The number of fused-ring (bicyclic) bond motifs is 3. The Hall–Kier alpha value is -4.79. The van der Waals surface area contributed by atoms with Gasteiger partial charge in [0, 0.05) is 17.5 Å². The number of carbonyl (C=O) groups excluding carboxylic acids is 4. The molecule has 4 amide bonds. The zero-order valence-electron chi connectivity index (χ0n) is 20.1. The van der Waals surface area contributed by atoms with Crippen molar-refractivity contribution in [3.8, 4) is 22.5 Å². The van der Waals surface area contributed by atoms with Gasteiger partial charge >= 0.3 is 0 Å². The van der Waals surface area contributed by atoms with Crippen LogP contribution in [0.4, 0.5) is 11.5 Å². The molecule has 2 N–H and O–H groups in total. The lowest BCUT2D eigenvalue weighted by atomic mass is 9.99. The maximum atomic E-state index is 13.3. The van der Waals surface area contributed by atoms with Crippen molar-refractivity contribution in [1.82, 2.24) is 19.6 Å². The van der Waals surface area contributed by atoms with Crippen LogP contribution in [-0.4, -0.2) is 44.0 Å². The van der Waals surface area contributed by atoms with E-state index in [4.69, 9.17) is 4.98 Å². The molecule has 4 aromatic rings. The number of pyridine rings is 1. The van der Waals surface area contributed by atoms with Gasteiger partial charge in [-0.3, -0.25) is 33.8 Å². The average Bonchev–Trinajstić information content (AvgIpc) is 3.36. The number of imidazole rings is 1. The minimum absolute atomic E-state index is 0.0775. The van der Waals surface area contributed by atoms with Crippen LogP contribution in [-0.2, 0) is 9.59 Å². The molecule has 3 aliphatic rings. The number of rotatable bonds is 2. The first-order valence-electron chi connectivity index (χ1n) is 12.1. The van der Waals surface area contributed by atoms with Crippen molar-refractivity contribution >= 4 is 40.8 Å². The molecular weight excluding hydrogens is 470 g/mol. The molecule has 0 spiro atoms. The van der Waals surface area contributed by atoms with Crippen molar-refractivity contribution < 1.29 is 19.2 Å². The van der Waals surface area contributed by atoms with Crippen LogP contribution in [0.3, 0.4) is 0 Å². The molecule has 9 nitrogen and oxygen atoms in total. The fraction of sp³-hybridized carbons (Fsp3) is 0.179. The number of aromatic nitrogens is 2. The fourth-order valence-electron chi connectivity index (χ4n) is 5.69. The molecule has 2 aromatic carbocycles. The van der Waals surface area contributed by atoms with Crippen LogP contribution in [0.5, 0.6) is 0 Å². The highest BCUT2D eigenvalue weighted by atomic mass is 16.2. The molecule has 1 saturated heterocycles. The van der Waals surface area contributed by atoms with Gasteiger partial charge in [-0.25, -0.2) is 4.98 Å². The van der Waals surface area contributed by atoms with Crippen molar-refractivity contribution in [2.24, 2.45) is 0 Å². The molecule has 0 radical (unpaired) electrons. The van der Waals surface area contributed by atoms with E-state index in [1.807, 2.05) is 12.1 Å². The molecule has 1 fully saturated rings. The molecule has 1 unspecified atom stereocenters. The van der Waals surface area contributed by atoms with Gasteiger partial charge in [0.15, 0.2) is 0 Å². The predicted molar refractivity (Wildman–Crippen MR) is 135 cm³/mol. The third-order valence-electron chi connectivity index (χ3n) is 7.36. The van der Waals surface area contributed by atoms with Crippen LogP contribution >= 0.6 is 0 Å². The fourth-order valence-corrected chi connectivity index (χ4v) is 5.69. The lowest BCUT2D eigenvalue weighted by Gasteiger charge is -2.27. The summed E-state index contributed by atoms with van der Waals surface area (Å²) in [6.07, 6.45) is 0.193. The van der Waals surface area contributed by atoms with Crippen molar-refractivity contribution in [1.29, 1.82) is 0 Å². The number of amides is 4. The number of nitrogens with one attached hydrogen (secondary N) is 2. The minimum Gasteiger partial charge on any atom is -0.339 e. The van der Waals surface area contributed by atoms with E-state index in [0.717, 1.165) is 38.9 Å². The molecule has 1 atom stereocenters. The summed E-state index contributed by atoms with van der Waals surface area (Å²) in [6.45, 7) is 4.14. The Bertz CT molecular complexity index is 1750. The number of aryl methyl sites for hydroxylation is 2. The zero-order valence-corrected chi connectivity index (χ0v) is 20.1. The van der Waals surface area contributed by atoms with Gasteiger partial charge in [-0.2, -0.15) is 0 Å². The first kappa shape index (κ1) is 21.5. The van der Waals surface area contributed by atoms with E-state index >= 15 is 0 Å². The number of benzene rings is 2. The second kappa shape index (κ2) is 7.36. The SMILES string of the molecule is Cc1cc(C)c2c(c1)-c1cccc3nc(-c4ccc5c(c4)C(=O)N(C4CCC(=O)NC4=O)C5=O)c(n13)N2. The van der Waals surface area contributed by atoms with Crippen LogP contribution in [0.1, 0.15) is 44.7 Å². The first-order valence-corrected chi connectivity index (χ1v) is 12.1. The maximum Gasteiger partial charge on any atom is 0.262 e. The Kier molecular flexibility index (Phi) is 4.27. The van der Waals surface area contributed by atoms with Crippen LogP contribution in [0, 0.1) is 13.8 Å². The highest BCUT2D eigenvalue weighted by molar-refractivity contribution is 6.24. The summed E-state index contributed by atoms with van der Waals surface area (Å²) in [7, 11) is 0. The quantitative estimate of drug-likeness (QED) is 0.364. The van der Waals surface area contributed by atoms with E-state index in [-0.39, 0.29) is 24.0 Å². The lowest BCUT2D eigenvalue weighted by molar-refractivity contribution is -0.136. The van der Waals surface area contributed by atoms with Crippen LogP contribution < -0.4 is 10.6 Å². The standard InChI is InChI=1S/C28H21N5O4/c1-13-10-14(2)23-18(11-13)19-4-3-5-21-29-24(25(31-23)32(19)21)15-6-7-16-17(12-15)28(37)33(27(16)36)20-8-9-22(34)30-26(20)35/h3-7,10-12,20,31H,8-9H2,1-2H3,(H,30,34,35). The summed E-state index contributed by atoms with van der Waals surface area (Å²) in [5.41, 5.74) is 7.94. The van der Waals surface area contributed by atoms with Crippen molar-refractivity contribution in [2.75, 3.05) is 5.32 Å². The lowest BCUT2D eigenvalue weighted by Crippen LogP contribution is -2.54. The zero-order chi connectivity index (χ0) is 25.6. The smallest absolute Gasteiger partial charge is 0.262 e. The van der Waals surface area contributed by atoms with Gasteiger partial charge in [0.1, 0.15) is 23.2 Å². The summed E-state index contributed by atoms with van der Waals surface area (Å²) in [6, 6.07) is 14.3. The number of anilines is 2. The van der Waals surface area contributed by atoms with Crippen molar-refractivity contribution in [3.63, 3.8) is 0 Å². The molecule has 0 saturated carbocycles. The molecule has 7 rings (SSSR count). The van der Waals surface area contributed by atoms with Crippen molar-refractivity contribution in [3.05, 3.63) is 70.8 Å². The molecule has 0 aliphatic carbocycles. The second-order valence-corrected chi connectivity index (χ2v) is 9.75. The van der Waals surface area contributed by atoms with Crippen LogP contribution in [0.15, 0.2) is 48.5 Å². The Labute approximate surface area is 211 Å². The Morgan fingerprint density at radius 1 is 0.892 bits per heavy atom. The topological polar surface area (TPSA) is 113 Å². The molecule has 182 valence electrons. The van der Waals surface area contributed by atoms with E-state index in [9.17, 15) is 19.2 Å². The number of hydrogen-bond acceptors (Lipinski definition) is 6. The van der Waals surface area contributed by atoms with Crippen LogP contribution in [0.2, 0.25) is 0 Å². The van der Waals surface area contributed by atoms with E-state index < -0.39 is 29.7 Å². The Morgan fingerprint density at radius 3 is 2.51 bits per heavy atom. The normalized spacial score (nSPS) is 18.1. The third kappa shape index (κ3) is 2.94. The highest BCUT2D eigenvalue weighted by Crippen LogP contribution is 2.44. The van der Waals surface area contributed by atoms with Gasteiger partial charge in [-0.1, -0.05) is 23.8 Å². The molecule has 2 aromatic heterocycles. The highest BCUT2D eigenvalue weighted by Gasteiger charge is 2.44. The Balaban J connectivity index is 1.34. The summed E-state index contributed by atoms with van der Waals surface area (Å²) >= 11 is 0. The van der Waals surface area contributed by atoms with Gasteiger partial charge in [-0.05, 0) is 56.2 Å². The van der Waals surface area contributed by atoms with E-state index in [1.54, 1.807) is 18.2 Å². The van der Waals surface area contributed by atoms with Gasteiger partial charge in [0.25, 0.3) is 11.8 Å². The minimum atomic E-state index is -1.00. The van der Waals surface area contributed by atoms with E-state index in [1.165, 1.54) is 5.56 Å². The molecule has 9 heteroatoms. The molecule has 37 heavy (non-hydrogen) atoms. The van der Waals surface area contributed by atoms with E-state index in [0.29, 0.717) is 11.3 Å². The van der Waals surface area contributed by atoms with Crippen molar-refractivity contribution in [2.45, 2.75) is 32.7 Å². The first-order chi connectivity index (χ1) is 17.8. The second-order valence-electron chi connectivity index (χ2n) is 9.75. The molecule has 5 heterocycles. The summed E-state index contributed by atoms with van der Waals surface area (Å²) in [5.74, 6) is -1.32. The van der Waals surface area contributed by atoms with Crippen LogP contribution in [0.25, 0.3) is 28.2 Å². The third-order valence-corrected chi connectivity index (χ3v) is 7.36. The van der Waals surface area contributed by atoms with E-state index in [2.05, 4.69) is 47.1 Å². The predicted octanol–water partition coefficient (Wildman–Crippen LogP) is 3.74. The summed E-state index contributed by atoms with van der Waals surface area (Å²) < 4.78 is 2.06. The van der Waals surface area contributed by atoms with Gasteiger partial charge in [-0.15, -0.1) is 0 Å². The Morgan fingerprint density at radius 2 is 1.70 bits per heavy atom. The molecule has 3 aliphatic heterocycles. The maximum absolute atomic E-state index is 13.3. The summed E-state index contributed by atoms with van der Waals surface area (Å²) in [5, 5.41) is 5.78. The largest absolute Gasteiger partial charge is 0.339 e. The number of carbonyl (C=O) groups is 4. The number of hydrogen-bond donors (Lipinski definition) is 2. The molecule has 0 bridgehead atoms.